The first-order chi connectivity index (χ1) is 8.90. The highest BCUT2D eigenvalue weighted by atomic mass is 15.2. The molecular formula is C16H32N2. The highest BCUT2D eigenvalue weighted by Gasteiger charge is 2.25. The zero-order chi connectivity index (χ0) is 12.6. The quantitative estimate of drug-likeness (QED) is 0.631. The molecule has 2 heteroatoms. The van der Waals surface area contributed by atoms with Gasteiger partial charge in [-0.1, -0.05) is 39.0 Å². The fourth-order valence-electron chi connectivity index (χ4n) is 3.09. The first-order valence-electron chi connectivity index (χ1n) is 8.37. The van der Waals surface area contributed by atoms with Crippen LogP contribution < -0.4 is 5.32 Å². The average molecular weight is 252 g/mol. The maximum atomic E-state index is 3.73. The molecule has 1 heterocycles. The summed E-state index contributed by atoms with van der Waals surface area (Å²) in [6.07, 6.45) is 14.2. The number of hydrogen-bond donors (Lipinski definition) is 1. The van der Waals surface area contributed by atoms with E-state index in [0.717, 1.165) is 12.1 Å². The van der Waals surface area contributed by atoms with E-state index in [0.29, 0.717) is 0 Å². The van der Waals surface area contributed by atoms with Crippen molar-refractivity contribution in [2.75, 3.05) is 19.6 Å². The number of likely N-dealkylation sites (tertiary alicyclic amines) is 1. The van der Waals surface area contributed by atoms with E-state index in [9.17, 15) is 0 Å². The molecule has 0 spiro atoms. The molecule has 0 aromatic rings. The van der Waals surface area contributed by atoms with Crippen LogP contribution >= 0.6 is 0 Å². The van der Waals surface area contributed by atoms with E-state index in [1.165, 1.54) is 83.8 Å². The SMILES string of the molecule is CCCCCCCN1CCCCC1CNC1CC1. The molecular weight excluding hydrogens is 220 g/mol. The van der Waals surface area contributed by atoms with Gasteiger partial charge in [-0.15, -0.1) is 0 Å². The number of unbranched alkanes of at least 4 members (excludes halogenated alkanes) is 4. The lowest BCUT2D eigenvalue weighted by Gasteiger charge is -2.36. The summed E-state index contributed by atoms with van der Waals surface area (Å²) in [4.78, 5) is 2.77. The Hall–Kier alpha value is -0.0800. The Kier molecular flexibility index (Phi) is 6.50. The van der Waals surface area contributed by atoms with Crippen molar-refractivity contribution in [1.29, 1.82) is 0 Å². The topological polar surface area (TPSA) is 15.3 Å². The minimum absolute atomic E-state index is 0.838. The number of hydrogen-bond acceptors (Lipinski definition) is 2. The van der Waals surface area contributed by atoms with Crippen LogP contribution in [0.25, 0.3) is 0 Å². The van der Waals surface area contributed by atoms with Crippen LogP contribution in [0.3, 0.4) is 0 Å². The third-order valence-electron chi connectivity index (χ3n) is 4.52. The highest BCUT2D eigenvalue weighted by Crippen LogP contribution is 2.21. The molecule has 0 amide bonds. The Bertz CT molecular complexity index is 213. The zero-order valence-corrected chi connectivity index (χ0v) is 12.3. The summed E-state index contributed by atoms with van der Waals surface area (Å²) < 4.78 is 0. The molecule has 18 heavy (non-hydrogen) atoms. The largest absolute Gasteiger partial charge is 0.312 e. The van der Waals surface area contributed by atoms with Crippen LogP contribution in [0.4, 0.5) is 0 Å². The molecule has 2 aliphatic rings. The van der Waals surface area contributed by atoms with Crippen molar-refractivity contribution in [2.24, 2.45) is 0 Å². The fourth-order valence-corrected chi connectivity index (χ4v) is 3.09. The molecule has 2 rings (SSSR count). The summed E-state index contributed by atoms with van der Waals surface area (Å²) in [5.74, 6) is 0. The highest BCUT2D eigenvalue weighted by molar-refractivity contribution is 4.85. The zero-order valence-electron chi connectivity index (χ0n) is 12.3. The van der Waals surface area contributed by atoms with Crippen LogP contribution in [-0.2, 0) is 0 Å². The monoisotopic (exact) mass is 252 g/mol. The summed E-state index contributed by atoms with van der Waals surface area (Å²) in [6.45, 7) is 6.25. The predicted molar refractivity (Wildman–Crippen MR) is 79.0 cm³/mol. The average Bonchev–Trinajstić information content (AvgIpc) is 3.21. The summed E-state index contributed by atoms with van der Waals surface area (Å²) in [6, 6.07) is 1.71. The summed E-state index contributed by atoms with van der Waals surface area (Å²) >= 11 is 0. The smallest absolute Gasteiger partial charge is 0.0220 e. The van der Waals surface area contributed by atoms with Crippen molar-refractivity contribution in [3.63, 3.8) is 0 Å². The lowest BCUT2D eigenvalue weighted by Crippen LogP contribution is -2.46. The van der Waals surface area contributed by atoms with E-state index < -0.39 is 0 Å². The van der Waals surface area contributed by atoms with Crippen molar-refractivity contribution < 1.29 is 0 Å². The molecule has 0 bridgehead atoms. The van der Waals surface area contributed by atoms with Gasteiger partial charge in [0.2, 0.25) is 0 Å². The van der Waals surface area contributed by atoms with Crippen LogP contribution in [0, 0.1) is 0 Å². The van der Waals surface area contributed by atoms with Gasteiger partial charge in [-0.05, 0) is 45.2 Å². The van der Waals surface area contributed by atoms with E-state index in [-0.39, 0.29) is 0 Å². The van der Waals surface area contributed by atoms with Gasteiger partial charge in [0.05, 0.1) is 0 Å². The van der Waals surface area contributed by atoms with Gasteiger partial charge in [0.1, 0.15) is 0 Å². The summed E-state index contributed by atoms with van der Waals surface area (Å²) in [5, 5.41) is 3.73. The predicted octanol–water partition coefficient (Wildman–Crippen LogP) is 3.56. The molecule has 0 aromatic heterocycles. The number of rotatable bonds is 9. The number of piperidine rings is 1. The molecule has 1 unspecified atom stereocenters. The van der Waals surface area contributed by atoms with Gasteiger partial charge >= 0.3 is 0 Å². The van der Waals surface area contributed by atoms with Gasteiger partial charge in [0.25, 0.3) is 0 Å². The first kappa shape index (κ1) is 14.3. The van der Waals surface area contributed by atoms with Crippen molar-refractivity contribution in [3.05, 3.63) is 0 Å². The Balaban J connectivity index is 1.59. The first-order valence-corrected chi connectivity index (χ1v) is 8.37. The minimum atomic E-state index is 0.838. The van der Waals surface area contributed by atoms with Gasteiger partial charge in [0.15, 0.2) is 0 Å². The lowest BCUT2D eigenvalue weighted by atomic mass is 10.0. The van der Waals surface area contributed by atoms with Crippen LogP contribution in [0.1, 0.15) is 71.1 Å². The van der Waals surface area contributed by atoms with Gasteiger partial charge in [-0.25, -0.2) is 0 Å². The van der Waals surface area contributed by atoms with Crippen LogP contribution in [0.15, 0.2) is 0 Å². The molecule has 1 aliphatic carbocycles. The second-order valence-electron chi connectivity index (χ2n) is 6.28. The number of nitrogens with one attached hydrogen (secondary N) is 1. The lowest BCUT2D eigenvalue weighted by molar-refractivity contribution is 0.142. The maximum Gasteiger partial charge on any atom is 0.0220 e. The normalized spacial score (nSPS) is 25.5. The van der Waals surface area contributed by atoms with Crippen molar-refractivity contribution >= 4 is 0 Å². The Morgan fingerprint density at radius 1 is 1.00 bits per heavy atom. The Morgan fingerprint density at radius 3 is 2.61 bits per heavy atom. The van der Waals surface area contributed by atoms with Crippen LogP contribution in [0.2, 0.25) is 0 Å². The second-order valence-corrected chi connectivity index (χ2v) is 6.28. The molecule has 0 aromatic carbocycles. The van der Waals surface area contributed by atoms with Crippen LogP contribution in [0.5, 0.6) is 0 Å². The van der Waals surface area contributed by atoms with E-state index in [1.807, 2.05) is 0 Å². The Labute approximate surface area is 114 Å². The third-order valence-corrected chi connectivity index (χ3v) is 4.52. The van der Waals surface area contributed by atoms with E-state index in [1.54, 1.807) is 0 Å². The van der Waals surface area contributed by atoms with Crippen molar-refractivity contribution in [3.8, 4) is 0 Å². The van der Waals surface area contributed by atoms with Gasteiger partial charge in [-0.3, -0.25) is 4.90 Å². The minimum Gasteiger partial charge on any atom is -0.312 e. The van der Waals surface area contributed by atoms with Crippen molar-refractivity contribution in [2.45, 2.75) is 83.2 Å². The van der Waals surface area contributed by atoms with Gasteiger partial charge in [0, 0.05) is 18.6 Å². The molecule has 1 saturated heterocycles. The van der Waals surface area contributed by atoms with Gasteiger partial charge in [-0.2, -0.15) is 0 Å². The third kappa shape index (κ3) is 5.27. The fraction of sp³-hybridized carbons (Fsp3) is 1.00. The summed E-state index contributed by atoms with van der Waals surface area (Å²) in [5.41, 5.74) is 0. The second kappa shape index (κ2) is 8.16. The molecule has 2 nitrogen and oxygen atoms in total. The molecule has 1 atom stereocenters. The summed E-state index contributed by atoms with van der Waals surface area (Å²) in [7, 11) is 0. The maximum absolute atomic E-state index is 3.73. The van der Waals surface area contributed by atoms with E-state index in [2.05, 4.69) is 17.1 Å². The molecule has 0 radical (unpaired) electrons. The Morgan fingerprint density at radius 2 is 1.83 bits per heavy atom. The van der Waals surface area contributed by atoms with Crippen LogP contribution in [-0.4, -0.2) is 36.6 Å². The molecule has 2 fully saturated rings. The van der Waals surface area contributed by atoms with E-state index in [4.69, 9.17) is 0 Å². The van der Waals surface area contributed by atoms with E-state index >= 15 is 0 Å². The molecule has 1 saturated carbocycles. The molecule has 1 aliphatic heterocycles. The van der Waals surface area contributed by atoms with Gasteiger partial charge < -0.3 is 5.32 Å². The van der Waals surface area contributed by atoms with Crippen molar-refractivity contribution in [1.82, 2.24) is 10.2 Å². The molecule has 1 N–H and O–H groups in total. The molecule has 106 valence electrons. The standard InChI is InChI=1S/C16H32N2/c1-2-3-4-5-7-12-18-13-8-6-9-16(18)14-17-15-10-11-15/h15-17H,2-14H2,1H3. The number of nitrogens with zero attached hydrogens (tertiary/aromatic N) is 1.